The summed E-state index contributed by atoms with van der Waals surface area (Å²) in [6, 6.07) is 0. The smallest absolute Gasteiger partial charge is 0.504 e. The Balaban J connectivity index is 3.39. The van der Waals surface area contributed by atoms with Crippen molar-refractivity contribution in [2.75, 3.05) is 0 Å². The molecule has 1 aromatic rings. The molecule has 43 heavy (non-hydrogen) atoms. The zero-order valence-corrected chi connectivity index (χ0v) is 29.0. The summed E-state index contributed by atoms with van der Waals surface area (Å²) < 4.78 is 5.46. The zero-order chi connectivity index (χ0) is 31.5. The normalized spacial score (nSPS) is 11.3. The van der Waals surface area contributed by atoms with Crippen LogP contribution in [0.25, 0.3) is 0 Å². The Bertz CT molecular complexity index is 831. The number of hydrogen-bond donors (Lipinski definition) is 2. The number of phenols is 1. The van der Waals surface area contributed by atoms with Gasteiger partial charge in [0.15, 0.2) is 11.5 Å². The lowest BCUT2D eigenvalue weighted by molar-refractivity contribution is 0.142. The van der Waals surface area contributed by atoms with Gasteiger partial charge in [0.1, 0.15) is 0 Å². The van der Waals surface area contributed by atoms with Crippen LogP contribution in [0, 0.1) is 0 Å². The molecular formula is C39H70O4. The van der Waals surface area contributed by atoms with Crippen molar-refractivity contribution in [3.05, 3.63) is 22.3 Å². The number of phenolic OH excluding ortho intramolecular Hbond substituents is 1. The van der Waals surface area contributed by atoms with Crippen molar-refractivity contribution in [2.45, 2.75) is 207 Å². The monoisotopic (exact) mass is 603 g/mol. The minimum absolute atomic E-state index is 0.115. The van der Waals surface area contributed by atoms with E-state index >= 15 is 0 Å². The molecule has 0 heterocycles. The second kappa shape index (κ2) is 26.7. The molecule has 1 rings (SSSR count). The Morgan fingerprint density at radius 1 is 0.442 bits per heavy atom. The second-order valence-electron chi connectivity index (χ2n) is 13.0. The third kappa shape index (κ3) is 17.4. The van der Waals surface area contributed by atoms with Crippen molar-refractivity contribution in [3.8, 4) is 11.5 Å². The molecule has 4 heteroatoms. The molecule has 0 aromatic heterocycles. The molecular weight excluding hydrogens is 532 g/mol. The summed E-state index contributed by atoms with van der Waals surface area (Å²) in [6.07, 6.45) is 31.4. The molecule has 0 bridgehead atoms. The minimum Gasteiger partial charge on any atom is -0.504 e. The maximum Gasteiger partial charge on any atom is 0.511 e. The van der Waals surface area contributed by atoms with Gasteiger partial charge in [-0.3, -0.25) is 0 Å². The van der Waals surface area contributed by atoms with Gasteiger partial charge in [-0.15, -0.1) is 0 Å². The van der Waals surface area contributed by atoms with Crippen LogP contribution in [0.15, 0.2) is 0 Å². The zero-order valence-electron chi connectivity index (χ0n) is 29.0. The fourth-order valence-corrected chi connectivity index (χ4v) is 6.59. The van der Waals surface area contributed by atoms with E-state index in [2.05, 4.69) is 27.7 Å². The van der Waals surface area contributed by atoms with E-state index in [1.54, 1.807) is 0 Å². The Morgan fingerprint density at radius 3 is 1.07 bits per heavy atom. The maximum absolute atomic E-state index is 11.9. The number of ether oxygens (including phenoxy) is 1. The first-order valence-electron chi connectivity index (χ1n) is 18.8. The minimum atomic E-state index is -1.32. The molecule has 0 radical (unpaired) electrons. The number of carbonyl (C=O) groups is 1. The van der Waals surface area contributed by atoms with Gasteiger partial charge < -0.3 is 14.9 Å². The van der Waals surface area contributed by atoms with E-state index in [4.69, 9.17) is 4.74 Å². The van der Waals surface area contributed by atoms with Gasteiger partial charge in [0.05, 0.1) is 0 Å². The topological polar surface area (TPSA) is 66.8 Å². The van der Waals surface area contributed by atoms with E-state index in [-0.39, 0.29) is 11.5 Å². The summed E-state index contributed by atoms with van der Waals surface area (Å²) in [5, 5.41) is 21.4. The Hall–Kier alpha value is -1.71. The Labute approximate surface area is 266 Å². The average molecular weight is 603 g/mol. The van der Waals surface area contributed by atoms with Crippen LogP contribution in [0.1, 0.15) is 204 Å². The fraction of sp³-hybridized carbons (Fsp3) is 0.821. The molecule has 0 aliphatic carbocycles. The molecule has 0 amide bonds. The van der Waals surface area contributed by atoms with Crippen molar-refractivity contribution in [3.63, 3.8) is 0 Å². The molecule has 0 spiro atoms. The summed E-state index contributed by atoms with van der Waals surface area (Å²) in [5.41, 5.74) is 4.60. The van der Waals surface area contributed by atoms with Crippen LogP contribution in [0.3, 0.4) is 0 Å². The first-order valence-corrected chi connectivity index (χ1v) is 18.8. The molecule has 250 valence electrons. The van der Waals surface area contributed by atoms with Gasteiger partial charge in [0, 0.05) is 11.1 Å². The van der Waals surface area contributed by atoms with E-state index in [1.165, 1.54) is 127 Å². The summed E-state index contributed by atoms with van der Waals surface area (Å²) in [4.78, 5) is 11.9. The van der Waals surface area contributed by atoms with Crippen molar-refractivity contribution in [1.29, 1.82) is 0 Å². The number of unbranched alkanes of at least 4 members (excludes halogenated alkanes) is 20. The number of aromatic hydroxyl groups is 1. The van der Waals surface area contributed by atoms with E-state index in [0.29, 0.717) is 0 Å². The van der Waals surface area contributed by atoms with Gasteiger partial charge in [-0.2, -0.15) is 0 Å². The highest BCUT2D eigenvalue weighted by Crippen LogP contribution is 2.43. The van der Waals surface area contributed by atoms with Crippen LogP contribution < -0.4 is 4.74 Å². The van der Waals surface area contributed by atoms with Gasteiger partial charge in [-0.25, -0.2) is 4.79 Å². The van der Waals surface area contributed by atoms with E-state index in [9.17, 15) is 15.0 Å². The summed E-state index contributed by atoms with van der Waals surface area (Å²) in [7, 11) is 0. The maximum atomic E-state index is 11.9. The summed E-state index contributed by atoms with van der Waals surface area (Å²) >= 11 is 0. The number of carboxylic acid groups (broad SMARTS) is 1. The second-order valence-corrected chi connectivity index (χ2v) is 13.0. The largest absolute Gasteiger partial charge is 0.511 e. The highest BCUT2D eigenvalue weighted by molar-refractivity contribution is 5.68. The average Bonchev–Trinajstić information content (AvgIpc) is 2.99. The quantitative estimate of drug-likeness (QED) is 0.0544. The van der Waals surface area contributed by atoms with Crippen molar-refractivity contribution in [2.24, 2.45) is 0 Å². The van der Waals surface area contributed by atoms with Crippen LogP contribution >= 0.6 is 0 Å². The first kappa shape index (κ1) is 39.3. The van der Waals surface area contributed by atoms with Crippen LogP contribution in [-0.2, 0) is 25.7 Å². The van der Waals surface area contributed by atoms with Gasteiger partial charge in [-0.05, 0) is 62.5 Å². The van der Waals surface area contributed by atoms with E-state index in [1.807, 2.05) is 0 Å². The SMILES string of the molecule is CCCCCCCCc1c(O)c(OC(=O)O)c(CCCCCCCC)c(CCCCCCCC)c1CCCCCCCC. The Morgan fingerprint density at radius 2 is 0.721 bits per heavy atom. The van der Waals surface area contributed by atoms with Crippen molar-refractivity contribution < 1.29 is 19.7 Å². The lowest BCUT2D eigenvalue weighted by Gasteiger charge is -2.24. The number of benzene rings is 1. The van der Waals surface area contributed by atoms with Crippen molar-refractivity contribution in [1.82, 2.24) is 0 Å². The van der Waals surface area contributed by atoms with Crippen molar-refractivity contribution >= 4 is 6.16 Å². The Kier molecular flexibility index (Phi) is 24.4. The number of hydrogen-bond acceptors (Lipinski definition) is 3. The molecule has 1 aromatic carbocycles. The standard InChI is InChI=1S/C39H70O4/c1-5-9-13-17-21-25-29-33-34(30-26-22-18-14-10-6-2)36(32-28-24-20-16-12-8-4)38(43-39(41)42)37(40)35(33)31-27-23-19-15-11-7-3/h40H,5-32H2,1-4H3,(H,41,42). The molecule has 0 aliphatic heterocycles. The van der Waals surface area contributed by atoms with Crippen LogP contribution in [-0.4, -0.2) is 16.4 Å². The van der Waals surface area contributed by atoms with Gasteiger partial charge >= 0.3 is 6.16 Å². The lowest BCUT2D eigenvalue weighted by Crippen LogP contribution is -2.13. The van der Waals surface area contributed by atoms with E-state index < -0.39 is 6.16 Å². The van der Waals surface area contributed by atoms with Gasteiger partial charge in [0.2, 0.25) is 0 Å². The highest BCUT2D eigenvalue weighted by Gasteiger charge is 2.25. The lowest BCUT2D eigenvalue weighted by atomic mass is 9.84. The van der Waals surface area contributed by atoms with Crippen LogP contribution in [0.4, 0.5) is 4.79 Å². The number of rotatable bonds is 29. The summed E-state index contributed by atoms with van der Waals surface area (Å²) in [6.45, 7) is 9.01. The predicted octanol–water partition coefficient (Wildman–Crippen LogP) is 13.1. The van der Waals surface area contributed by atoms with Crippen LogP contribution in [0.5, 0.6) is 11.5 Å². The highest BCUT2D eigenvalue weighted by atomic mass is 16.7. The first-order chi connectivity index (χ1) is 21.0. The third-order valence-corrected chi connectivity index (χ3v) is 9.18. The molecule has 0 saturated carbocycles. The van der Waals surface area contributed by atoms with Gasteiger partial charge in [-0.1, -0.05) is 156 Å². The molecule has 0 fully saturated rings. The van der Waals surface area contributed by atoms with Gasteiger partial charge in [0.25, 0.3) is 0 Å². The molecule has 4 nitrogen and oxygen atoms in total. The van der Waals surface area contributed by atoms with Crippen LogP contribution in [0.2, 0.25) is 0 Å². The molecule has 0 saturated heterocycles. The fourth-order valence-electron chi connectivity index (χ4n) is 6.59. The molecule has 0 aliphatic rings. The summed E-state index contributed by atoms with van der Waals surface area (Å²) in [5.74, 6) is 0.360. The third-order valence-electron chi connectivity index (χ3n) is 9.18. The molecule has 0 atom stereocenters. The molecule has 2 N–H and O–H groups in total. The van der Waals surface area contributed by atoms with E-state index in [0.717, 1.165) is 75.3 Å². The molecule has 0 unspecified atom stereocenters. The predicted molar refractivity (Wildman–Crippen MR) is 185 cm³/mol.